The number of hydrogen-bond acceptors (Lipinski definition) is 3. The molecule has 1 heterocycles. The molecule has 0 aliphatic heterocycles. The zero-order chi connectivity index (χ0) is 15.6. The molecule has 21 heavy (non-hydrogen) atoms. The zero-order valence-corrected chi connectivity index (χ0v) is 10.7. The van der Waals surface area contributed by atoms with Crippen LogP contribution in [0.15, 0.2) is 36.5 Å². The molecule has 0 atom stereocenters. The van der Waals surface area contributed by atoms with Gasteiger partial charge in [0.25, 0.3) is 0 Å². The molecule has 0 bridgehead atoms. The number of alkyl halides is 3. The number of hydrogen-bond donors (Lipinski definition) is 2. The van der Waals surface area contributed by atoms with Gasteiger partial charge in [-0.2, -0.15) is 13.2 Å². The van der Waals surface area contributed by atoms with Crippen molar-refractivity contribution in [3.8, 4) is 11.1 Å². The molecule has 3 N–H and O–H groups in total. The molecule has 2 aromatic rings. The molecule has 0 radical (unpaired) electrons. The van der Waals surface area contributed by atoms with Crippen LogP contribution in [0.3, 0.4) is 0 Å². The number of aliphatic carboxylic acids is 1. The summed E-state index contributed by atoms with van der Waals surface area (Å²) in [6.45, 7) is 0. The van der Waals surface area contributed by atoms with Gasteiger partial charge in [-0.05, 0) is 29.3 Å². The lowest BCUT2D eigenvalue weighted by Crippen LogP contribution is -2.07. The van der Waals surface area contributed by atoms with Gasteiger partial charge >= 0.3 is 12.1 Å². The van der Waals surface area contributed by atoms with E-state index in [1.54, 1.807) is 0 Å². The van der Waals surface area contributed by atoms with Crippen LogP contribution < -0.4 is 5.73 Å². The zero-order valence-electron chi connectivity index (χ0n) is 10.7. The number of aromatic nitrogens is 1. The minimum Gasteiger partial charge on any atom is -0.481 e. The topological polar surface area (TPSA) is 76.2 Å². The van der Waals surface area contributed by atoms with Crippen LogP contribution >= 0.6 is 0 Å². The largest absolute Gasteiger partial charge is 0.481 e. The number of pyridine rings is 1. The quantitative estimate of drug-likeness (QED) is 0.913. The van der Waals surface area contributed by atoms with E-state index in [9.17, 15) is 18.0 Å². The van der Waals surface area contributed by atoms with E-state index in [4.69, 9.17) is 10.8 Å². The van der Waals surface area contributed by atoms with E-state index in [0.717, 1.165) is 12.1 Å². The van der Waals surface area contributed by atoms with E-state index in [0.29, 0.717) is 5.56 Å². The molecular weight excluding hydrogens is 285 g/mol. The van der Waals surface area contributed by atoms with Crippen molar-refractivity contribution in [3.05, 3.63) is 47.7 Å². The first-order valence-electron chi connectivity index (χ1n) is 5.92. The second kappa shape index (κ2) is 5.43. The molecular formula is C14H11F3N2O2. The molecule has 1 aromatic carbocycles. The van der Waals surface area contributed by atoms with Crippen LogP contribution in [0.25, 0.3) is 11.1 Å². The van der Waals surface area contributed by atoms with Crippen LogP contribution in [0.2, 0.25) is 0 Å². The molecule has 110 valence electrons. The van der Waals surface area contributed by atoms with E-state index >= 15 is 0 Å². The lowest BCUT2D eigenvalue weighted by Gasteiger charge is -2.13. The van der Waals surface area contributed by atoms with Gasteiger partial charge in [0.05, 0.1) is 12.0 Å². The Labute approximate surface area is 118 Å². The maximum atomic E-state index is 12.8. The van der Waals surface area contributed by atoms with Crippen molar-refractivity contribution in [2.45, 2.75) is 12.6 Å². The Morgan fingerprint density at radius 2 is 2.00 bits per heavy atom. The van der Waals surface area contributed by atoms with E-state index in [-0.39, 0.29) is 23.4 Å². The van der Waals surface area contributed by atoms with Gasteiger partial charge in [-0.1, -0.05) is 12.1 Å². The van der Waals surface area contributed by atoms with Crippen LogP contribution in [0.4, 0.5) is 19.0 Å². The number of nitrogen functional groups attached to an aromatic ring is 1. The lowest BCUT2D eigenvalue weighted by atomic mass is 9.97. The van der Waals surface area contributed by atoms with Crippen molar-refractivity contribution in [1.82, 2.24) is 4.98 Å². The van der Waals surface area contributed by atoms with Crippen molar-refractivity contribution in [2.75, 3.05) is 5.73 Å². The summed E-state index contributed by atoms with van der Waals surface area (Å²) in [7, 11) is 0. The van der Waals surface area contributed by atoms with Crippen molar-refractivity contribution in [2.24, 2.45) is 0 Å². The Bertz CT molecular complexity index is 684. The Hall–Kier alpha value is -2.57. The summed E-state index contributed by atoms with van der Waals surface area (Å²) >= 11 is 0. The maximum absolute atomic E-state index is 12.8. The number of carbonyl (C=O) groups is 1. The minimum absolute atomic E-state index is 0.00641. The van der Waals surface area contributed by atoms with Crippen LogP contribution in [0, 0.1) is 0 Å². The van der Waals surface area contributed by atoms with Crippen molar-refractivity contribution in [3.63, 3.8) is 0 Å². The summed E-state index contributed by atoms with van der Waals surface area (Å²) in [4.78, 5) is 14.7. The summed E-state index contributed by atoms with van der Waals surface area (Å²) in [5.41, 5.74) is 5.59. The Morgan fingerprint density at radius 3 is 2.62 bits per heavy atom. The van der Waals surface area contributed by atoms with E-state index in [1.165, 1.54) is 24.4 Å². The summed E-state index contributed by atoms with van der Waals surface area (Å²) in [5, 5.41) is 8.87. The fraction of sp³-hybridized carbons (Fsp3) is 0.143. The molecule has 0 aliphatic rings. The van der Waals surface area contributed by atoms with Gasteiger partial charge in [-0.15, -0.1) is 0 Å². The first kappa shape index (κ1) is 14.8. The number of anilines is 1. The molecule has 0 aliphatic carbocycles. The summed E-state index contributed by atoms with van der Waals surface area (Å²) in [6.07, 6.45) is -3.51. The molecule has 4 nitrogen and oxygen atoms in total. The third kappa shape index (κ3) is 3.31. The summed E-state index contributed by atoms with van der Waals surface area (Å²) < 4.78 is 38.3. The third-order valence-corrected chi connectivity index (χ3v) is 2.89. The second-order valence-electron chi connectivity index (χ2n) is 4.38. The molecule has 2 rings (SSSR count). The van der Waals surface area contributed by atoms with Crippen LogP contribution in [-0.4, -0.2) is 16.1 Å². The highest BCUT2D eigenvalue weighted by Crippen LogP contribution is 2.34. The normalized spacial score (nSPS) is 11.4. The molecule has 0 saturated heterocycles. The molecule has 0 unspecified atom stereocenters. The molecule has 0 fully saturated rings. The van der Waals surface area contributed by atoms with Gasteiger partial charge in [0.1, 0.15) is 5.82 Å². The third-order valence-electron chi connectivity index (χ3n) is 2.89. The van der Waals surface area contributed by atoms with Crippen LogP contribution in [0.5, 0.6) is 0 Å². The predicted molar refractivity (Wildman–Crippen MR) is 70.4 cm³/mol. The van der Waals surface area contributed by atoms with E-state index < -0.39 is 17.7 Å². The molecule has 1 aromatic heterocycles. The summed E-state index contributed by atoms with van der Waals surface area (Å²) in [5.74, 6) is -1.11. The Morgan fingerprint density at radius 1 is 1.29 bits per heavy atom. The van der Waals surface area contributed by atoms with Crippen LogP contribution in [0.1, 0.15) is 11.1 Å². The molecule has 0 amide bonds. The number of benzene rings is 1. The van der Waals surface area contributed by atoms with Gasteiger partial charge in [-0.25, -0.2) is 4.98 Å². The van der Waals surface area contributed by atoms with E-state index in [1.807, 2.05) is 0 Å². The standard InChI is InChI=1S/C14H11F3N2O2/c15-14(16,17)10-3-1-2-8(6-10)12-9(7-11(20)21)4-5-19-13(12)18/h1-6H,7H2,(H2,18,19)(H,20,21). The van der Waals surface area contributed by atoms with Gasteiger partial charge < -0.3 is 10.8 Å². The van der Waals surface area contributed by atoms with Gasteiger partial charge in [-0.3, -0.25) is 4.79 Å². The molecule has 0 saturated carbocycles. The first-order chi connectivity index (χ1) is 9.79. The maximum Gasteiger partial charge on any atom is 0.416 e. The number of halogens is 3. The number of carboxylic acids is 1. The van der Waals surface area contributed by atoms with Crippen LogP contribution in [-0.2, 0) is 17.4 Å². The summed E-state index contributed by atoms with van der Waals surface area (Å²) in [6, 6.07) is 5.98. The minimum atomic E-state index is -4.49. The Balaban J connectivity index is 2.59. The molecule has 7 heteroatoms. The van der Waals surface area contributed by atoms with Gasteiger partial charge in [0.2, 0.25) is 0 Å². The number of carboxylic acid groups (broad SMARTS) is 1. The smallest absolute Gasteiger partial charge is 0.416 e. The van der Waals surface area contributed by atoms with Crippen molar-refractivity contribution in [1.29, 1.82) is 0 Å². The number of rotatable bonds is 3. The molecule has 0 spiro atoms. The second-order valence-corrected chi connectivity index (χ2v) is 4.38. The first-order valence-corrected chi connectivity index (χ1v) is 5.92. The monoisotopic (exact) mass is 296 g/mol. The average Bonchev–Trinajstić information content (AvgIpc) is 2.37. The fourth-order valence-electron chi connectivity index (χ4n) is 2.01. The number of nitrogens with two attached hydrogens (primary N) is 1. The van der Waals surface area contributed by atoms with Gasteiger partial charge in [0.15, 0.2) is 0 Å². The SMILES string of the molecule is Nc1nccc(CC(=O)O)c1-c1cccc(C(F)(F)F)c1. The predicted octanol–water partition coefficient (Wildman–Crippen LogP) is 2.98. The average molecular weight is 296 g/mol. The Kier molecular flexibility index (Phi) is 3.84. The highest BCUT2D eigenvalue weighted by Gasteiger charge is 2.30. The highest BCUT2D eigenvalue weighted by atomic mass is 19.4. The highest BCUT2D eigenvalue weighted by molar-refractivity contribution is 5.82. The van der Waals surface area contributed by atoms with Crippen molar-refractivity contribution >= 4 is 11.8 Å². The van der Waals surface area contributed by atoms with Gasteiger partial charge in [0, 0.05) is 11.8 Å². The number of nitrogens with zero attached hydrogens (tertiary/aromatic N) is 1. The fourth-order valence-corrected chi connectivity index (χ4v) is 2.01. The van der Waals surface area contributed by atoms with Crippen molar-refractivity contribution < 1.29 is 23.1 Å². The van der Waals surface area contributed by atoms with E-state index in [2.05, 4.69) is 4.98 Å². The lowest BCUT2D eigenvalue weighted by molar-refractivity contribution is -0.138.